The number of rotatable bonds is 0. The largest absolute Gasteiger partial charge is 0.398 e. The van der Waals surface area contributed by atoms with E-state index in [2.05, 4.69) is 39.8 Å². The fourth-order valence-corrected chi connectivity index (χ4v) is 1.37. The maximum atomic E-state index is 5.91. The summed E-state index contributed by atoms with van der Waals surface area (Å²) in [4.78, 5) is 0. The topological polar surface area (TPSA) is 26.0 Å². The van der Waals surface area contributed by atoms with Gasteiger partial charge in [0.1, 0.15) is 0 Å². The van der Waals surface area contributed by atoms with E-state index in [0.717, 1.165) is 5.69 Å². The lowest BCUT2D eigenvalue weighted by Gasteiger charge is -2.21. The molecule has 1 aromatic carbocycles. The van der Waals surface area contributed by atoms with E-state index in [0.29, 0.717) is 0 Å². The summed E-state index contributed by atoms with van der Waals surface area (Å²) in [7, 11) is 0. The molecule has 1 rings (SSSR count). The summed E-state index contributed by atoms with van der Waals surface area (Å²) in [5, 5.41) is 0. The Morgan fingerprint density at radius 1 is 1.15 bits per heavy atom. The summed E-state index contributed by atoms with van der Waals surface area (Å²) in [6.45, 7) is 8.58. The van der Waals surface area contributed by atoms with Crippen LogP contribution in [0, 0.1) is 6.92 Å². The summed E-state index contributed by atoms with van der Waals surface area (Å²) in [5.41, 5.74) is 9.42. The molecule has 0 aliphatic rings. The first-order valence-electron chi connectivity index (χ1n) is 4.28. The Morgan fingerprint density at radius 2 is 1.69 bits per heavy atom. The highest BCUT2D eigenvalue weighted by atomic mass is 14.6. The summed E-state index contributed by atoms with van der Waals surface area (Å²) < 4.78 is 0. The summed E-state index contributed by atoms with van der Waals surface area (Å²) in [5.74, 6) is 0. The molecule has 1 heteroatoms. The van der Waals surface area contributed by atoms with Crippen molar-refractivity contribution in [1.29, 1.82) is 0 Å². The second-order valence-corrected chi connectivity index (χ2v) is 4.34. The van der Waals surface area contributed by atoms with Crippen LogP contribution in [0.4, 0.5) is 5.69 Å². The van der Waals surface area contributed by atoms with Crippen LogP contribution in [0.3, 0.4) is 0 Å². The zero-order valence-electron chi connectivity index (χ0n) is 8.31. The van der Waals surface area contributed by atoms with Crippen LogP contribution in [0.1, 0.15) is 39.3 Å². The van der Waals surface area contributed by atoms with Gasteiger partial charge < -0.3 is 5.73 Å². The first kappa shape index (κ1) is 12.0. The van der Waals surface area contributed by atoms with Gasteiger partial charge in [0.15, 0.2) is 0 Å². The number of hydrogen-bond acceptors (Lipinski definition) is 1. The normalized spacial score (nSPS) is 10.8. The molecular weight excluding hydrogens is 158 g/mol. The van der Waals surface area contributed by atoms with Gasteiger partial charge >= 0.3 is 0 Å². The minimum absolute atomic E-state index is 0. The zero-order chi connectivity index (χ0) is 9.35. The molecule has 0 amide bonds. The van der Waals surface area contributed by atoms with Crippen LogP contribution in [0.2, 0.25) is 0 Å². The highest BCUT2D eigenvalue weighted by molar-refractivity contribution is 5.51. The van der Waals surface area contributed by atoms with E-state index < -0.39 is 0 Å². The van der Waals surface area contributed by atoms with E-state index in [-0.39, 0.29) is 12.8 Å². The van der Waals surface area contributed by atoms with Crippen molar-refractivity contribution in [2.24, 2.45) is 0 Å². The van der Waals surface area contributed by atoms with E-state index in [1.165, 1.54) is 11.1 Å². The van der Waals surface area contributed by atoms with Crippen molar-refractivity contribution in [3.05, 3.63) is 29.3 Å². The molecule has 1 nitrogen and oxygen atoms in total. The second-order valence-electron chi connectivity index (χ2n) is 4.34. The number of nitrogen functional groups attached to an aromatic ring is 1. The van der Waals surface area contributed by atoms with E-state index in [1.54, 1.807) is 0 Å². The number of benzene rings is 1. The molecule has 74 valence electrons. The Hall–Kier alpha value is -0.980. The molecule has 0 spiro atoms. The number of aryl methyl sites for hydroxylation is 1. The quantitative estimate of drug-likeness (QED) is 0.606. The van der Waals surface area contributed by atoms with Gasteiger partial charge in [0.25, 0.3) is 0 Å². The van der Waals surface area contributed by atoms with Crippen molar-refractivity contribution in [2.45, 2.75) is 40.5 Å². The Balaban J connectivity index is 0.00000144. The predicted molar refractivity (Wildman–Crippen MR) is 61.0 cm³/mol. The highest BCUT2D eigenvalue weighted by Gasteiger charge is 2.15. The van der Waals surface area contributed by atoms with E-state index in [4.69, 9.17) is 5.73 Å². The average molecular weight is 179 g/mol. The van der Waals surface area contributed by atoms with E-state index in [1.807, 2.05) is 6.07 Å². The van der Waals surface area contributed by atoms with Crippen LogP contribution in [0.25, 0.3) is 0 Å². The monoisotopic (exact) mass is 179 g/mol. The highest BCUT2D eigenvalue weighted by Crippen LogP contribution is 2.27. The molecule has 0 bridgehead atoms. The average Bonchev–Trinajstić information content (AvgIpc) is 1.83. The van der Waals surface area contributed by atoms with Crippen LogP contribution in [-0.4, -0.2) is 0 Å². The number of anilines is 1. The van der Waals surface area contributed by atoms with Gasteiger partial charge in [0, 0.05) is 5.69 Å². The predicted octanol–water partition coefficient (Wildman–Crippen LogP) is 3.51. The Morgan fingerprint density at radius 3 is 2.08 bits per heavy atom. The van der Waals surface area contributed by atoms with E-state index in [9.17, 15) is 0 Å². The SMILES string of the molecule is C.Cc1ccc(C(C)(C)C)c(N)c1. The molecular formula is C12H21N. The van der Waals surface area contributed by atoms with Gasteiger partial charge in [0.2, 0.25) is 0 Å². The molecule has 0 aliphatic heterocycles. The van der Waals surface area contributed by atoms with Gasteiger partial charge in [-0.2, -0.15) is 0 Å². The number of hydrogen-bond donors (Lipinski definition) is 1. The van der Waals surface area contributed by atoms with Gasteiger partial charge in [0.05, 0.1) is 0 Å². The molecule has 0 saturated carbocycles. The van der Waals surface area contributed by atoms with Crippen molar-refractivity contribution >= 4 is 5.69 Å². The Bertz CT molecular complexity index is 282. The number of nitrogens with two attached hydrogens (primary N) is 1. The molecule has 0 atom stereocenters. The van der Waals surface area contributed by atoms with Gasteiger partial charge in [-0.15, -0.1) is 0 Å². The summed E-state index contributed by atoms with van der Waals surface area (Å²) in [6.07, 6.45) is 0. The third kappa shape index (κ3) is 2.76. The van der Waals surface area contributed by atoms with Crippen molar-refractivity contribution in [1.82, 2.24) is 0 Å². The summed E-state index contributed by atoms with van der Waals surface area (Å²) in [6, 6.07) is 6.25. The van der Waals surface area contributed by atoms with Gasteiger partial charge in [-0.25, -0.2) is 0 Å². The molecule has 0 radical (unpaired) electrons. The third-order valence-corrected chi connectivity index (χ3v) is 2.02. The minimum Gasteiger partial charge on any atom is -0.398 e. The van der Waals surface area contributed by atoms with Crippen LogP contribution >= 0.6 is 0 Å². The molecule has 2 N–H and O–H groups in total. The lowest BCUT2D eigenvalue weighted by atomic mass is 9.85. The molecule has 0 heterocycles. The van der Waals surface area contributed by atoms with Gasteiger partial charge in [-0.3, -0.25) is 0 Å². The standard InChI is InChI=1S/C11H17N.CH4/c1-8-5-6-9(10(12)7-8)11(2,3)4;/h5-7H,12H2,1-4H3;1H4. The molecule has 1 aromatic rings. The molecule has 13 heavy (non-hydrogen) atoms. The maximum absolute atomic E-state index is 5.91. The Labute approximate surface area is 82.0 Å². The van der Waals surface area contributed by atoms with Crippen LogP contribution in [0.15, 0.2) is 18.2 Å². The molecule has 0 unspecified atom stereocenters. The minimum atomic E-state index is 0. The smallest absolute Gasteiger partial charge is 0.0354 e. The van der Waals surface area contributed by atoms with Crippen LogP contribution in [-0.2, 0) is 5.41 Å². The third-order valence-electron chi connectivity index (χ3n) is 2.02. The Kier molecular flexibility index (Phi) is 3.53. The van der Waals surface area contributed by atoms with Crippen molar-refractivity contribution < 1.29 is 0 Å². The fourth-order valence-electron chi connectivity index (χ4n) is 1.37. The second kappa shape index (κ2) is 3.82. The summed E-state index contributed by atoms with van der Waals surface area (Å²) >= 11 is 0. The van der Waals surface area contributed by atoms with Crippen LogP contribution in [0.5, 0.6) is 0 Å². The molecule has 0 saturated heterocycles. The van der Waals surface area contributed by atoms with Crippen molar-refractivity contribution in [3.8, 4) is 0 Å². The maximum Gasteiger partial charge on any atom is 0.0354 e. The first-order chi connectivity index (χ1) is 5.41. The molecule has 0 fully saturated rings. The molecule has 0 aliphatic carbocycles. The van der Waals surface area contributed by atoms with Gasteiger partial charge in [-0.1, -0.05) is 40.3 Å². The fraction of sp³-hybridized carbons (Fsp3) is 0.500. The van der Waals surface area contributed by atoms with Crippen molar-refractivity contribution in [2.75, 3.05) is 5.73 Å². The first-order valence-corrected chi connectivity index (χ1v) is 4.28. The lowest BCUT2D eigenvalue weighted by molar-refractivity contribution is 0.592. The zero-order valence-corrected chi connectivity index (χ0v) is 8.31. The molecule has 0 aromatic heterocycles. The van der Waals surface area contributed by atoms with Gasteiger partial charge in [-0.05, 0) is 29.5 Å². The van der Waals surface area contributed by atoms with Crippen molar-refractivity contribution in [3.63, 3.8) is 0 Å². The van der Waals surface area contributed by atoms with E-state index >= 15 is 0 Å². The lowest BCUT2D eigenvalue weighted by Crippen LogP contribution is -2.13. The van der Waals surface area contributed by atoms with Crippen LogP contribution < -0.4 is 5.73 Å².